The third-order valence-electron chi connectivity index (χ3n) is 1.17. The molecule has 0 saturated carbocycles. The van der Waals surface area contributed by atoms with E-state index in [9.17, 15) is 4.79 Å². The van der Waals surface area contributed by atoms with Gasteiger partial charge in [-0.2, -0.15) is 4.98 Å². The topological polar surface area (TPSA) is 94.0 Å². The van der Waals surface area contributed by atoms with Crippen LogP contribution in [0, 0.1) is 6.92 Å². The van der Waals surface area contributed by atoms with E-state index in [-0.39, 0.29) is 11.9 Å². The van der Waals surface area contributed by atoms with Gasteiger partial charge in [-0.05, 0) is 13.8 Å². The van der Waals surface area contributed by atoms with Crippen LogP contribution in [0.1, 0.15) is 12.7 Å². The van der Waals surface area contributed by atoms with Gasteiger partial charge < -0.3 is 10.3 Å². The van der Waals surface area contributed by atoms with Crippen molar-refractivity contribution < 1.29 is 9.32 Å². The number of nitrogens with two attached hydrogens (primary N) is 1. The van der Waals surface area contributed by atoms with Gasteiger partial charge in [-0.25, -0.2) is 0 Å². The van der Waals surface area contributed by atoms with Gasteiger partial charge in [0.25, 0.3) is 0 Å². The van der Waals surface area contributed by atoms with Crippen LogP contribution in [0.4, 0.5) is 6.01 Å². The highest BCUT2D eigenvalue weighted by atomic mass is 16.5. The van der Waals surface area contributed by atoms with E-state index in [1.807, 2.05) is 0 Å². The number of amides is 1. The Kier molecular flexibility index (Phi) is 2.39. The average molecular weight is 170 g/mol. The molecule has 1 amide bonds. The Balaban J connectivity index is 2.58. The number of aromatic nitrogens is 2. The summed E-state index contributed by atoms with van der Waals surface area (Å²) in [5.74, 6) is 0.119. The molecule has 1 unspecified atom stereocenters. The lowest BCUT2D eigenvalue weighted by Crippen LogP contribution is -2.32. The fourth-order valence-corrected chi connectivity index (χ4v) is 0.567. The maximum absolute atomic E-state index is 11.0. The molecule has 1 aromatic heterocycles. The Hall–Kier alpha value is -1.43. The Morgan fingerprint density at radius 1 is 1.75 bits per heavy atom. The number of nitrogens with zero attached hydrogens (tertiary/aromatic N) is 2. The first-order valence-electron chi connectivity index (χ1n) is 3.46. The molecule has 6 heteroatoms. The summed E-state index contributed by atoms with van der Waals surface area (Å²) in [5, 5.41) is 5.85. The molecule has 6 nitrogen and oxygen atoms in total. The predicted octanol–water partition coefficient (Wildman–Crippen LogP) is -0.336. The van der Waals surface area contributed by atoms with Crippen LogP contribution >= 0.6 is 0 Å². The first kappa shape index (κ1) is 8.66. The molecule has 12 heavy (non-hydrogen) atoms. The fourth-order valence-electron chi connectivity index (χ4n) is 0.567. The van der Waals surface area contributed by atoms with Gasteiger partial charge in [-0.15, -0.1) is 0 Å². The third kappa shape index (κ3) is 2.03. The molecule has 0 bridgehead atoms. The average Bonchev–Trinajstić information content (AvgIpc) is 2.35. The van der Waals surface area contributed by atoms with E-state index in [0.29, 0.717) is 5.82 Å². The predicted molar refractivity (Wildman–Crippen MR) is 41.3 cm³/mol. The second-order valence-corrected chi connectivity index (χ2v) is 2.42. The second-order valence-electron chi connectivity index (χ2n) is 2.42. The van der Waals surface area contributed by atoms with Crippen LogP contribution in [0.25, 0.3) is 0 Å². The van der Waals surface area contributed by atoms with Gasteiger partial charge in [0.2, 0.25) is 5.91 Å². The van der Waals surface area contributed by atoms with Gasteiger partial charge in [0.15, 0.2) is 5.82 Å². The van der Waals surface area contributed by atoms with Gasteiger partial charge >= 0.3 is 6.01 Å². The van der Waals surface area contributed by atoms with E-state index in [1.54, 1.807) is 13.8 Å². The molecule has 0 aliphatic carbocycles. The molecular weight excluding hydrogens is 160 g/mol. The van der Waals surface area contributed by atoms with E-state index in [2.05, 4.69) is 20.0 Å². The molecular formula is C6H10N4O2. The van der Waals surface area contributed by atoms with Crippen LogP contribution in [0.5, 0.6) is 0 Å². The standard InChI is InChI=1S/C6H10N4O2/c1-3(7)5(11)9-6-8-4(2)10-12-6/h3H,7H2,1-2H3,(H,8,9,10,11). The van der Waals surface area contributed by atoms with Crippen LogP contribution in [-0.4, -0.2) is 22.1 Å². The van der Waals surface area contributed by atoms with Crippen molar-refractivity contribution in [2.24, 2.45) is 5.73 Å². The zero-order valence-electron chi connectivity index (χ0n) is 6.87. The van der Waals surface area contributed by atoms with E-state index < -0.39 is 6.04 Å². The summed E-state index contributed by atoms with van der Waals surface area (Å²) in [7, 11) is 0. The first-order chi connectivity index (χ1) is 5.59. The number of carbonyl (C=O) groups is 1. The summed E-state index contributed by atoms with van der Waals surface area (Å²) in [5.41, 5.74) is 5.29. The number of hydrogen-bond donors (Lipinski definition) is 2. The largest absolute Gasteiger partial charge is 0.328 e. The number of nitrogens with one attached hydrogen (secondary N) is 1. The minimum Gasteiger partial charge on any atom is -0.320 e. The van der Waals surface area contributed by atoms with E-state index >= 15 is 0 Å². The Labute approximate surface area is 69.1 Å². The number of hydrogen-bond acceptors (Lipinski definition) is 5. The molecule has 3 N–H and O–H groups in total. The summed E-state index contributed by atoms with van der Waals surface area (Å²) >= 11 is 0. The summed E-state index contributed by atoms with van der Waals surface area (Å²) in [6.07, 6.45) is 0. The summed E-state index contributed by atoms with van der Waals surface area (Å²) < 4.78 is 4.64. The smallest absolute Gasteiger partial charge is 0.320 e. The third-order valence-corrected chi connectivity index (χ3v) is 1.17. The van der Waals surface area contributed by atoms with Crippen molar-refractivity contribution >= 4 is 11.9 Å². The normalized spacial score (nSPS) is 12.6. The highest BCUT2D eigenvalue weighted by Gasteiger charge is 2.10. The number of anilines is 1. The van der Waals surface area contributed by atoms with Gasteiger partial charge in [0.05, 0.1) is 6.04 Å². The first-order valence-corrected chi connectivity index (χ1v) is 3.46. The highest BCUT2D eigenvalue weighted by molar-refractivity contribution is 5.92. The molecule has 0 aliphatic rings. The van der Waals surface area contributed by atoms with Gasteiger partial charge in [-0.1, -0.05) is 5.16 Å². The van der Waals surface area contributed by atoms with Gasteiger partial charge in [0, 0.05) is 0 Å². The Bertz CT molecular complexity index is 281. The number of aryl methyl sites for hydroxylation is 1. The summed E-state index contributed by atoms with van der Waals surface area (Å²) in [6, 6.07) is -0.507. The van der Waals surface area contributed by atoms with Crippen LogP contribution in [0.15, 0.2) is 4.52 Å². The Morgan fingerprint density at radius 2 is 2.42 bits per heavy atom. The summed E-state index contributed by atoms with van der Waals surface area (Å²) in [4.78, 5) is 14.7. The maximum Gasteiger partial charge on any atom is 0.328 e. The maximum atomic E-state index is 11.0. The van der Waals surface area contributed by atoms with Crippen molar-refractivity contribution in [2.75, 3.05) is 5.32 Å². The van der Waals surface area contributed by atoms with Crippen molar-refractivity contribution in [2.45, 2.75) is 19.9 Å². The van der Waals surface area contributed by atoms with Crippen molar-refractivity contribution in [1.82, 2.24) is 10.1 Å². The summed E-state index contributed by atoms with van der Waals surface area (Å²) in [6.45, 7) is 3.23. The minimum absolute atomic E-state index is 0.0785. The van der Waals surface area contributed by atoms with Crippen LogP contribution < -0.4 is 11.1 Å². The van der Waals surface area contributed by atoms with E-state index in [4.69, 9.17) is 5.73 Å². The molecule has 1 atom stereocenters. The lowest BCUT2D eigenvalue weighted by Gasteiger charge is -2.01. The van der Waals surface area contributed by atoms with Crippen molar-refractivity contribution in [3.05, 3.63) is 5.82 Å². The molecule has 0 aromatic carbocycles. The van der Waals surface area contributed by atoms with E-state index in [0.717, 1.165) is 0 Å². The molecule has 0 fully saturated rings. The lowest BCUT2D eigenvalue weighted by atomic mass is 10.3. The van der Waals surface area contributed by atoms with Crippen molar-refractivity contribution in [3.63, 3.8) is 0 Å². The fraction of sp³-hybridized carbons (Fsp3) is 0.500. The van der Waals surface area contributed by atoms with Crippen molar-refractivity contribution in [1.29, 1.82) is 0 Å². The van der Waals surface area contributed by atoms with E-state index in [1.165, 1.54) is 0 Å². The molecule has 0 spiro atoms. The second kappa shape index (κ2) is 3.31. The molecule has 0 aliphatic heterocycles. The Morgan fingerprint density at radius 3 is 2.83 bits per heavy atom. The molecule has 0 radical (unpaired) electrons. The highest BCUT2D eigenvalue weighted by Crippen LogP contribution is 2.01. The quantitative estimate of drug-likeness (QED) is 0.633. The number of rotatable bonds is 2. The van der Waals surface area contributed by atoms with Crippen LogP contribution in [0.3, 0.4) is 0 Å². The van der Waals surface area contributed by atoms with Gasteiger partial charge in [0.1, 0.15) is 0 Å². The zero-order valence-corrected chi connectivity index (χ0v) is 6.87. The van der Waals surface area contributed by atoms with Crippen LogP contribution in [-0.2, 0) is 4.79 Å². The molecule has 66 valence electrons. The molecule has 1 aromatic rings. The monoisotopic (exact) mass is 170 g/mol. The SMILES string of the molecule is Cc1noc(NC(=O)C(C)N)n1. The number of carbonyl (C=O) groups excluding carboxylic acids is 1. The molecule has 1 heterocycles. The molecule has 1 rings (SSSR count). The zero-order chi connectivity index (χ0) is 9.14. The van der Waals surface area contributed by atoms with Crippen LogP contribution in [0.2, 0.25) is 0 Å². The lowest BCUT2D eigenvalue weighted by molar-refractivity contribution is -0.117. The molecule has 0 saturated heterocycles. The van der Waals surface area contributed by atoms with Crippen molar-refractivity contribution in [3.8, 4) is 0 Å². The minimum atomic E-state index is -0.586. The van der Waals surface area contributed by atoms with Gasteiger partial charge in [-0.3, -0.25) is 10.1 Å².